The number of hydrogen-bond acceptors (Lipinski definition) is 6. The van der Waals surface area contributed by atoms with E-state index in [1.54, 1.807) is 54.8 Å². The lowest BCUT2D eigenvalue weighted by atomic mass is 10.2. The first-order valence-corrected chi connectivity index (χ1v) is 10.9. The minimum atomic E-state index is -0.184. The summed E-state index contributed by atoms with van der Waals surface area (Å²) in [5.74, 6) is 1.39. The molecule has 0 radical (unpaired) electrons. The van der Waals surface area contributed by atoms with Crippen LogP contribution in [-0.4, -0.2) is 33.2 Å². The molecule has 0 fully saturated rings. The van der Waals surface area contributed by atoms with E-state index < -0.39 is 0 Å². The molecule has 0 bridgehead atoms. The predicted molar refractivity (Wildman–Crippen MR) is 117 cm³/mol. The molecule has 0 aliphatic carbocycles. The van der Waals surface area contributed by atoms with Crippen LogP contribution in [0.5, 0.6) is 0 Å². The molecule has 0 aliphatic rings. The van der Waals surface area contributed by atoms with E-state index in [1.807, 2.05) is 12.1 Å². The zero-order chi connectivity index (χ0) is 21.1. The number of amides is 1. The highest BCUT2D eigenvalue weighted by Crippen LogP contribution is 2.22. The molecule has 0 saturated heterocycles. The predicted octanol–water partition coefficient (Wildman–Crippen LogP) is 4.14. The van der Waals surface area contributed by atoms with Gasteiger partial charge in [0.15, 0.2) is 5.16 Å². The van der Waals surface area contributed by atoms with Crippen molar-refractivity contribution in [3.8, 4) is 0 Å². The Morgan fingerprint density at radius 2 is 1.90 bits per heavy atom. The molecule has 0 unspecified atom stereocenters. The molecular formula is C21H18BrN3O4S. The first-order valence-electron chi connectivity index (χ1n) is 9.13. The third kappa shape index (κ3) is 4.52. The van der Waals surface area contributed by atoms with Gasteiger partial charge in [-0.1, -0.05) is 27.7 Å². The average molecular weight is 488 g/mol. The highest BCUT2D eigenvalue weighted by molar-refractivity contribution is 9.10. The van der Waals surface area contributed by atoms with Crippen LogP contribution in [0.25, 0.3) is 10.9 Å². The van der Waals surface area contributed by atoms with E-state index in [-0.39, 0.29) is 23.8 Å². The zero-order valence-corrected chi connectivity index (χ0v) is 18.5. The largest absolute Gasteiger partial charge is 0.467 e. The number of carbonyl (C=O) groups is 1. The van der Waals surface area contributed by atoms with Crippen molar-refractivity contribution >= 4 is 44.5 Å². The maximum Gasteiger partial charge on any atom is 0.262 e. The lowest BCUT2D eigenvalue weighted by Crippen LogP contribution is -2.29. The Kier molecular flexibility index (Phi) is 6.10. The van der Waals surface area contributed by atoms with E-state index in [4.69, 9.17) is 8.83 Å². The second-order valence-electron chi connectivity index (χ2n) is 6.64. The molecule has 9 heteroatoms. The van der Waals surface area contributed by atoms with Crippen molar-refractivity contribution in [2.75, 3.05) is 12.8 Å². The lowest BCUT2D eigenvalue weighted by molar-refractivity contribution is -0.127. The van der Waals surface area contributed by atoms with Gasteiger partial charge in [0.25, 0.3) is 5.56 Å². The normalized spacial score (nSPS) is 11.1. The number of carbonyl (C=O) groups excluding carboxylic acids is 1. The molecule has 3 aromatic heterocycles. The second-order valence-corrected chi connectivity index (χ2v) is 8.50. The second kappa shape index (κ2) is 8.93. The molecular weight excluding hydrogens is 470 g/mol. The van der Waals surface area contributed by atoms with Gasteiger partial charge in [-0.15, -0.1) is 0 Å². The summed E-state index contributed by atoms with van der Waals surface area (Å²) in [6, 6.07) is 12.5. The van der Waals surface area contributed by atoms with Crippen LogP contribution in [0.1, 0.15) is 11.5 Å². The van der Waals surface area contributed by atoms with Gasteiger partial charge in [-0.3, -0.25) is 14.2 Å². The van der Waals surface area contributed by atoms with E-state index >= 15 is 0 Å². The Morgan fingerprint density at radius 3 is 2.60 bits per heavy atom. The van der Waals surface area contributed by atoms with E-state index in [1.165, 1.54) is 16.3 Å². The van der Waals surface area contributed by atoms with E-state index in [9.17, 15) is 9.59 Å². The van der Waals surface area contributed by atoms with Crippen molar-refractivity contribution < 1.29 is 13.6 Å². The number of rotatable bonds is 7. The van der Waals surface area contributed by atoms with Gasteiger partial charge < -0.3 is 13.7 Å². The van der Waals surface area contributed by atoms with Gasteiger partial charge >= 0.3 is 0 Å². The molecule has 1 amide bonds. The summed E-state index contributed by atoms with van der Waals surface area (Å²) in [6.07, 6.45) is 3.14. The third-order valence-electron chi connectivity index (χ3n) is 4.50. The number of fused-ring (bicyclic) bond motifs is 1. The Hall–Kier alpha value is -2.78. The molecule has 0 N–H and O–H groups in total. The molecule has 0 saturated carbocycles. The highest BCUT2D eigenvalue weighted by Gasteiger charge is 2.17. The minimum Gasteiger partial charge on any atom is -0.467 e. The van der Waals surface area contributed by atoms with Crippen LogP contribution in [0.15, 0.2) is 78.2 Å². The van der Waals surface area contributed by atoms with Gasteiger partial charge in [0.1, 0.15) is 11.5 Å². The summed E-state index contributed by atoms with van der Waals surface area (Å²) in [5.41, 5.74) is 0.398. The Labute approximate surface area is 184 Å². The molecule has 154 valence electrons. The topological polar surface area (TPSA) is 81.5 Å². The van der Waals surface area contributed by atoms with Crippen LogP contribution in [0, 0.1) is 0 Å². The summed E-state index contributed by atoms with van der Waals surface area (Å²) in [4.78, 5) is 32.0. The van der Waals surface area contributed by atoms with Crippen molar-refractivity contribution in [1.82, 2.24) is 14.5 Å². The van der Waals surface area contributed by atoms with Crippen LogP contribution in [0.3, 0.4) is 0 Å². The zero-order valence-electron chi connectivity index (χ0n) is 16.1. The third-order valence-corrected chi connectivity index (χ3v) is 5.95. The number of aromatic nitrogens is 2. The van der Waals surface area contributed by atoms with Crippen LogP contribution in [0.2, 0.25) is 0 Å². The van der Waals surface area contributed by atoms with Gasteiger partial charge in [-0.25, -0.2) is 4.98 Å². The van der Waals surface area contributed by atoms with Crippen LogP contribution >= 0.6 is 27.7 Å². The van der Waals surface area contributed by atoms with Gasteiger partial charge in [0.2, 0.25) is 5.91 Å². The number of halogens is 1. The number of benzene rings is 1. The Morgan fingerprint density at radius 1 is 1.17 bits per heavy atom. The van der Waals surface area contributed by atoms with Crippen molar-refractivity contribution in [2.45, 2.75) is 18.2 Å². The fourth-order valence-corrected chi connectivity index (χ4v) is 4.24. The number of hydrogen-bond donors (Lipinski definition) is 0. The number of nitrogens with zero attached hydrogens (tertiary/aromatic N) is 3. The smallest absolute Gasteiger partial charge is 0.262 e. The summed E-state index contributed by atoms with van der Waals surface area (Å²) in [7, 11) is 1.71. The minimum absolute atomic E-state index is 0.0916. The summed E-state index contributed by atoms with van der Waals surface area (Å²) >= 11 is 4.63. The maximum atomic E-state index is 13.2. The van der Waals surface area contributed by atoms with Crippen molar-refractivity contribution in [3.05, 3.63) is 81.3 Å². The fourth-order valence-electron chi connectivity index (χ4n) is 2.94. The van der Waals surface area contributed by atoms with E-state index in [0.29, 0.717) is 34.1 Å². The Balaban J connectivity index is 1.60. The molecule has 7 nitrogen and oxygen atoms in total. The van der Waals surface area contributed by atoms with Crippen molar-refractivity contribution in [3.63, 3.8) is 0 Å². The molecule has 0 aliphatic heterocycles. The molecule has 1 aromatic carbocycles. The van der Waals surface area contributed by atoms with Gasteiger partial charge in [0.05, 0.1) is 42.3 Å². The van der Waals surface area contributed by atoms with Crippen LogP contribution < -0.4 is 5.56 Å². The summed E-state index contributed by atoms with van der Waals surface area (Å²) in [6.45, 7) is 0.616. The summed E-state index contributed by atoms with van der Waals surface area (Å²) < 4.78 is 13.0. The maximum absolute atomic E-state index is 13.2. The number of furan rings is 2. The molecule has 4 rings (SSSR count). The fraction of sp³-hybridized carbons (Fsp3) is 0.190. The highest BCUT2D eigenvalue weighted by atomic mass is 79.9. The van der Waals surface area contributed by atoms with Crippen molar-refractivity contribution in [2.24, 2.45) is 0 Å². The Bertz CT molecular complexity index is 1220. The first kappa shape index (κ1) is 20.5. The van der Waals surface area contributed by atoms with Gasteiger partial charge in [0, 0.05) is 11.5 Å². The SMILES string of the molecule is CN(Cc1ccco1)C(=O)CSc1nc2ccc(Br)cc2c(=O)n1Cc1ccco1. The van der Waals surface area contributed by atoms with Gasteiger partial charge in [-0.05, 0) is 42.5 Å². The van der Waals surface area contributed by atoms with Crippen LogP contribution in [-0.2, 0) is 17.9 Å². The number of thioether (sulfide) groups is 1. The molecule has 3 heterocycles. The van der Waals surface area contributed by atoms with Crippen LogP contribution in [0.4, 0.5) is 0 Å². The van der Waals surface area contributed by atoms with E-state index in [2.05, 4.69) is 20.9 Å². The standard InChI is InChI=1S/C21H18BrN3O4S/c1-24(11-15-4-2-8-28-15)19(26)13-30-21-23-18-7-6-14(22)10-17(18)20(27)25(21)12-16-5-3-9-29-16/h2-10H,11-13H2,1H3. The van der Waals surface area contributed by atoms with Crippen molar-refractivity contribution in [1.29, 1.82) is 0 Å². The molecule has 0 spiro atoms. The summed E-state index contributed by atoms with van der Waals surface area (Å²) in [5, 5.41) is 0.965. The van der Waals surface area contributed by atoms with E-state index in [0.717, 1.165) is 4.47 Å². The first-order chi connectivity index (χ1) is 14.5. The average Bonchev–Trinajstić information content (AvgIpc) is 3.43. The molecule has 0 atom stereocenters. The molecule has 4 aromatic rings. The van der Waals surface area contributed by atoms with Gasteiger partial charge in [-0.2, -0.15) is 0 Å². The molecule has 30 heavy (non-hydrogen) atoms. The monoisotopic (exact) mass is 487 g/mol. The lowest BCUT2D eigenvalue weighted by Gasteiger charge is -2.16. The quantitative estimate of drug-likeness (QED) is 0.287.